The zero-order valence-electron chi connectivity index (χ0n) is 12.9. The lowest BCUT2D eigenvalue weighted by Gasteiger charge is -2.12. The molecular weight excluding hydrogens is 419 g/mol. The van der Waals surface area contributed by atoms with Gasteiger partial charge < -0.3 is 9.40 Å². The molecule has 3 rings (SSSR count). The molecule has 2 aromatic heterocycles. The van der Waals surface area contributed by atoms with Crippen LogP contribution in [0.1, 0.15) is 5.56 Å². The molecule has 27 heavy (non-hydrogen) atoms. The Hall–Kier alpha value is -2.53. The second kappa shape index (κ2) is 6.57. The van der Waals surface area contributed by atoms with Crippen LogP contribution in [0.15, 0.2) is 46.0 Å². The molecule has 0 unspecified atom stereocenters. The maximum absolute atomic E-state index is 13.9. The van der Waals surface area contributed by atoms with E-state index in [1.165, 1.54) is 12.3 Å². The predicted octanol–water partition coefficient (Wildman–Crippen LogP) is 5.03. The van der Waals surface area contributed by atoms with Crippen molar-refractivity contribution in [2.75, 3.05) is 4.72 Å². The van der Waals surface area contributed by atoms with Gasteiger partial charge in [0.1, 0.15) is 16.5 Å². The fourth-order valence-electron chi connectivity index (χ4n) is 2.22. The van der Waals surface area contributed by atoms with Crippen molar-refractivity contribution in [3.8, 4) is 11.3 Å². The molecule has 0 aliphatic carbocycles. The van der Waals surface area contributed by atoms with Crippen LogP contribution < -0.4 is 4.72 Å². The number of halogens is 6. The van der Waals surface area contributed by atoms with Crippen molar-refractivity contribution in [3.05, 3.63) is 59.1 Å². The Bertz CT molecular complexity index is 1110. The molecule has 12 heteroatoms. The molecular formula is C15H8ClF5N2O3S. The molecule has 0 bridgehead atoms. The summed E-state index contributed by atoms with van der Waals surface area (Å²) in [6.07, 6.45) is -2.81. The van der Waals surface area contributed by atoms with E-state index in [1.807, 2.05) is 0 Å². The summed E-state index contributed by atoms with van der Waals surface area (Å²) in [5.41, 5.74) is -2.20. The van der Waals surface area contributed by atoms with Crippen LogP contribution in [-0.4, -0.2) is 13.4 Å². The van der Waals surface area contributed by atoms with Gasteiger partial charge in [-0.15, -0.1) is 0 Å². The van der Waals surface area contributed by atoms with Gasteiger partial charge >= 0.3 is 6.18 Å². The molecule has 1 aromatic carbocycles. The molecule has 0 aliphatic heterocycles. The quantitative estimate of drug-likeness (QED) is 0.575. The van der Waals surface area contributed by atoms with E-state index >= 15 is 0 Å². The molecule has 0 amide bonds. The molecule has 0 fully saturated rings. The van der Waals surface area contributed by atoms with Gasteiger partial charge in [0.05, 0.1) is 28.8 Å². The van der Waals surface area contributed by atoms with Crippen LogP contribution >= 0.6 is 11.6 Å². The minimum atomic E-state index is -5.12. The molecule has 0 saturated heterocycles. The third kappa shape index (κ3) is 3.78. The molecule has 0 spiro atoms. The van der Waals surface area contributed by atoms with Crippen LogP contribution in [0.2, 0.25) is 5.22 Å². The fourth-order valence-corrected chi connectivity index (χ4v) is 3.48. The average Bonchev–Trinajstić information content (AvgIpc) is 3.18. The van der Waals surface area contributed by atoms with E-state index in [0.717, 1.165) is 12.3 Å². The number of alkyl halides is 3. The van der Waals surface area contributed by atoms with Crippen LogP contribution in [-0.2, 0) is 16.2 Å². The summed E-state index contributed by atoms with van der Waals surface area (Å²) in [5, 5.41) is -0.00962. The first-order valence-electron chi connectivity index (χ1n) is 7.00. The highest BCUT2D eigenvalue weighted by atomic mass is 35.5. The monoisotopic (exact) mass is 426 g/mol. The van der Waals surface area contributed by atoms with Gasteiger partial charge in [-0.05, 0) is 29.8 Å². The maximum atomic E-state index is 13.9. The number of furan rings is 1. The Labute approximate surface area is 153 Å². The number of aromatic nitrogens is 1. The van der Waals surface area contributed by atoms with Gasteiger partial charge in [0.25, 0.3) is 10.0 Å². The summed E-state index contributed by atoms with van der Waals surface area (Å²) in [4.78, 5) is 2.24. The molecule has 0 atom stereocenters. The normalized spacial score (nSPS) is 12.4. The lowest BCUT2D eigenvalue weighted by molar-refractivity contribution is -0.140. The zero-order chi connectivity index (χ0) is 20.0. The van der Waals surface area contributed by atoms with Crippen molar-refractivity contribution in [3.63, 3.8) is 0 Å². The summed E-state index contributed by atoms with van der Waals surface area (Å²) in [5.74, 6) is -3.40. The van der Waals surface area contributed by atoms with E-state index in [-0.39, 0.29) is 27.9 Å². The predicted molar refractivity (Wildman–Crippen MR) is 85.7 cm³/mol. The van der Waals surface area contributed by atoms with Crippen LogP contribution in [0.4, 0.5) is 27.6 Å². The van der Waals surface area contributed by atoms with Gasteiger partial charge in [0.15, 0.2) is 0 Å². The van der Waals surface area contributed by atoms with Gasteiger partial charge in [-0.1, -0.05) is 0 Å². The minimum absolute atomic E-state index is 0.00962. The van der Waals surface area contributed by atoms with Crippen LogP contribution in [0.5, 0.6) is 0 Å². The van der Waals surface area contributed by atoms with Crippen molar-refractivity contribution in [2.45, 2.75) is 11.1 Å². The minimum Gasteiger partial charge on any atom is -0.452 e. The summed E-state index contributed by atoms with van der Waals surface area (Å²) in [7, 11) is -4.43. The Kier molecular flexibility index (Phi) is 4.68. The first kappa shape index (κ1) is 19.2. The summed E-state index contributed by atoms with van der Waals surface area (Å²) in [6.45, 7) is 0. The van der Waals surface area contributed by atoms with E-state index in [9.17, 15) is 30.4 Å². The van der Waals surface area contributed by atoms with Crippen LogP contribution in [0.3, 0.4) is 0 Å². The van der Waals surface area contributed by atoms with Crippen molar-refractivity contribution in [1.82, 2.24) is 4.98 Å². The van der Waals surface area contributed by atoms with E-state index in [1.54, 1.807) is 4.72 Å². The summed E-state index contributed by atoms with van der Waals surface area (Å²) in [6, 6.07) is 2.59. The second-order valence-corrected chi connectivity index (χ2v) is 7.30. The maximum Gasteiger partial charge on any atom is 0.419 e. The van der Waals surface area contributed by atoms with Crippen molar-refractivity contribution in [2.24, 2.45) is 0 Å². The van der Waals surface area contributed by atoms with Gasteiger partial charge in [-0.2, -0.15) is 13.2 Å². The van der Waals surface area contributed by atoms with E-state index in [4.69, 9.17) is 16.0 Å². The Morgan fingerprint density at radius 2 is 1.81 bits per heavy atom. The Morgan fingerprint density at radius 1 is 1.11 bits per heavy atom. The number of hydrogen-bond acceptors (Lipinski definition) is 3. The first-order valence-corrected chi connectivity index (χ1v) is 8.86. The van der Waals surface area contributed by atoms with E-state index < -0.39 is 39.1 Å². The number of hydrogen-bond donors (Lipinski definition) is 2. The number of rotatable bonds is 4. The van der Waals surface area contributed by atoms with Gasteiger partial charge in [0.2, 0.25) is 5.22 Å². The number of benzene rings is 1. The Morgan fingerprint density at radius 3 is 2.41 bits per heavy atom. The molecule has 0 saturated carbocycles. The van der Waals surface area contributed by atoms with Gasteiger partial charge in [0, 0.05) is 12.3 Å². The topological polar surface area (TPSA) is 75.1 Å². The SMILES string of the molecule is O=S(=O)(Nc1cc(F)c(C(F)(F)F)cc1F)c1c[nH]c(-c2ccoc2Cl)c1. The highest BCUT2D eigenvalue weighted by Crippen LogP contribution is 2.35. The summed E-state index contributed by atoms with van der Waals surface area (Å²) < 4.78 is 96.4. The number of anilines is 1. The second-order valence-electron chi connectivity index (χ2n) is 5.27. The number of nitrogens with one attached hydrogen (secondary N) is 2. The lowest BCUT2D eigenvalue weighted by atomic mass is 10.2. The molecule has 3 aromatic rings. The smallest absolute Gasteiger partial charge is 0.419 e. The van der Waals surface area contributed by atoms with Crippen LogP contribution in [0.25, 0.3) is 11.3 Å². The summed E-state index contributed by atoms with van der Waals surface area (Å²) >= 11 is 5.78. The molecule has 2 heterocycles. The molecule has 144 valence electrons. The van der Waals surface area contributed by atoms with Crippen molar-refractivity contribution in [1.29, 1.82) is 0 Å². The largest absolute Gasteiger partial charge is 0.452 e. The van der Waals surface area contributed by atoms with Crippen molar-refractivity contribution < 1.29 is 34.8 Å². The number of sulfonamides is 1. The molecule has 0 aliphatic rings. The molecule has 5 nitrogen and oxygen atoms in total. The highest BCUT2D eigenvalue weighted by Gasteiger charge is 2.35. The Balaban J connectivity index is 1.93. The average molecular weight is 427 g/mol. The molecule has 2 N–H and O–H groups in total. The van der Waals surface area contributed by atoms with E-state index in [2.05, 4.69) is 4.98 Å². The van der Waals surface area contributed by atoms with E-state index in [0.29, 0.717) is 5.56 Å². The van der Waals surface area contributed by atoms with Crippen LogP contribution in [0, 0.1) is 11.6 Å². The molecule has 0 radical (unpaired) electrons. The third-order valence-electron chi connectivity index (χ3n) is 3.48. The number of aromatic amines is 1. The number of H-pyrrole nitrogens is 1. The van der Waals surface area contributed by atoms with Gasteiger partial charge in [-0.3, -0.25) is 4.72 Å². The third-order valence-corrected chi connectivity index (χ3v) is 5.12. The first-order chi connectivity index (χ1) is 12.5. The standard InChI is InChI=1S/C15H8ClF5N2O3S/c16-14-8(1-2-26-14)12-3-7(6-22-12)27(24,25)23-13-5-10(17)9(4-11(13)18)15(19,20)21/h1-6,22-23H. The highest BCUT2D eigenvalue weighted by molar-refractivity contribution is 7.92. The van der Waals surface area contributed by atoms with Gasteiger partial charge in [-0.25, -0.2) is 17.2 Å². The fraction of sp³-hybridized carbons (Fsp3) is 0.0667. The lowest BCUT2D eigenvalue weighted by Crippen LogP contribution is -2.15. The van der Waals surface area contributed by atoms with Crippen molar-refractivity contribution >= 4 is 27.3 Å². The zero-order valence-corrected chi connectivity index (χ0v) is 14.4.